The summed E-state index contributed by atoms with van der Waals surface area (Å²) in [7, 11) is 0. The maximum atomic E-state index is 5.89. The molecule has 1 aromatic heterocycles. The van der Waals surface area contributed by atoms with Gasteiger partial charge in [0.1, 0.15) is 10.8 Å². The number of thiocarbonyl (C=S) groups is 1. The van der Waals surface area contributed by atoms with Crippen molar-refractivity contribution in [1.82, 2.24) is 4.98 Å². The number of aromatic nitrogens is 1. The highest BCUT2D eigenvalue weighted by atomic mass is 32.2. The van der Waals surface area contributed by atoms with E-state index in [0.29, 0.717) is 11.0 Å². The molecule has 1 aromatic rings. The highest BCUT2D eigenvalue weighted by molar-refractivity contribution is 7.98. The SMILES string of the molecule is CCC(CSC)Nc1nc2c(cc1C(N)=S)CCCC2. The topological polar surface area (TPSA) is 50.9 Å². The number of hydrogen-bond donors (Lipinski definition) is 2. The minimum atomic E-state index is 0.409. The van der Waals surface area contributed by atoms with Crippen molar-refractivity contribution >= 4 is 34.8 Å². The number of nitrogens with two attached hydrogens (primary N) is 1. The molecule has 0 fully saturated rings. The van der Waals surface area contributed by atoms with Gasteiger partial charge in [-0.15, -0.1) is 0 Å². The van der Waals surface area contributed by atoms with Crippen LogP contribution in [0, 0.1) is 0 Å². The van der Waals surface area contributed by atoms with E-state index in [1.807, 2.05) is 11.8 Å². The van der Waals surface area contributed by atoms with E-state index in [1.54, 1.807) is 0 Å². The molecule has 1 unspecified atom stereocenters. The molecule has 1 heterocycles. The summed E-state index contributed by atoms with van der Waals surface area (Å²) in [5.41, 5.74) is 9.33. The number of thioether (sulfide) groups is 1. The largest absolute Gasteiger partial charge is 0.389 e. The number of rotatable bonds is 6. The Morgan fingerprint density at radius 1 is 1.50 bits per heavy atom. The van der Waals surface area contributed by atoms with Crippen LogP contribution in [0.25, 0.3) is 0 Å². The number of anilines is 1. The summed E-state index contributed by atoms with van der Waals surface area (Å²) < 4.78 is 0. The van der Waals surface area contributed by atoms with Gasteiger partial charge in [-0.2, -0.15) is 11.8 Å². The number of nitrogens with zero attached hydrogens (tertiary/aromatic N) is 1. The van der Waals surface area contributed by atoms with Gasteiger partial charge in [0.05, 0.1) is 5.56 Å². The molecule has 110 valence electrons. The van der Waals surface area contributed by atoms with Gasteiger partial charge >= 0.3 is 0 Å². The summed E-state index contributed by atoms with van der Waals surface area (Å²) in [5.74, 6) is 1.94. The molecular weight excluding hydrogens is 286 g/mol. The summed E-state index contributed by atoms with van der Waals surface area (Å²) >= 11 is 7.04. The Labute approximate surface area is 131 Å². The quantitative estimate of drug-likeness (QED) is 0.791. The predicted molar refractivity (Wildman–Crippen MR) is 92.9 cm³/mol. The first-order chi connectivity index (χ1) is 9.65. The molecule has 0 spiro atoms. The fraction of sp³-hybridized carbons (Fsp3) is 0.600. The molecule has 0 bridgehead atoms. The van der Waals surface area contributed by atoms with E-state index in [9.17, 15) is 0 Å². The fourth-order valence-corrected chi connectivity index (χ4v) is 3.46. The highest BCUT2D eigenvalue weighted by Crippen LogP contribution is 2.25. The molecule has 3 N–H and O–H groups in total. The zero-order chi connectivity index (χ0) is 14.5. The molecule has 5 heteroatoms. The number of pyridine rings is 1. The lowest BCUT2D eigenvalue weighted by Crippen LogP contribution is -2.25. The molecule has 0 aliphatic heterocycles. The van der Waals surface area contributed by atoms with Crippen LogP contribution in [0.3, 0.4) is 0 Å². The summed E-state index contributed by atoms with van der Waals surface area (Å²) in [4.78, 5) is 5.25. The lowest BCUT2D eigenvalue weighted by atomic mass is 9.94. The molecule has 0 saturated heterocycles. The van der Waals surface area contributed by atoms with Crippen molar-refractivity contribution in [3.8, 4) is 0 Å². The first-order valence-corrected chi connectivity index (χ1v) is 9.04. The van der Waals surface area contributed by atoms with Gasteiger partial charge in [0.15, 0.2) is 0 Å². The minimum Gasteiger partial charge on any atom is -0.389 e. The Kier molecular flexibility index (Phi) is 5.66. The first-order valence-electron chi connectivity index (χ1n) is 7.23. The van der Waals surface area contributed by atoms with Crippen molar-refractivity contribution in [3.63, 3.8) is 0 Å². The van der Waals surface area contributed by atoms with Crippen LogP contribution in [0.4, 0.5) is 5.82 Å². The molecule has 0 aromatic carbocycles. The van der Waals surface area contributed by atoms with Crippen LogP contribution in [-0.4, -0.2) is 28.0 Å². The third-order valence-corrected chi connectivity index (χ3v) is 4.72. The van der Waals surface area contributed by atoms with Gasteiger partial charge < -0.3 is 11.1 Å². The normalized spacial score (nSPS) is 15.5. The molecule has 20 heavy (non-hydrogen) atoms. The van der Waals surface area contributed by atoms with Crippen molar-refractivity contribution in [2.24, 2.45) is 5.73 Å². The Balaban J connectivity index is 2.31. The van der Waals surface area contributed by atoms with Crippen molar-refractivity contribution in [2.45, 2.75) is 45.1 Å². The molecule has 3 nitrogen and oxygen atoms in total. The lowest BCUT2D eigenvalue weighted by molar-refractivity contribution is 0.666. The maximum absolute atomic E-state index is 5.89. The van der Waals surface area contributed by atoms with E-state index in [4.69, 9.17) is 22.9 Å². The second-order valence-electron chi connectivity index (χ2n) is 5.27. The zero-order valence-electron chi connectivity index (χ0n) is 12.2. The van der Waals surface area contributed by atoms with E-state index in [2.05, 4.69) is 24.6 Å². The predicted octanol–water partition coefficient (Wildman–Crippen LogP) is 3.15. The Bertz CT molecular complexity index is 488. The van der Waals surface area contributed by atoms with Gasteiger partial charge in [0.25, 0.3) is 0 Å². The monoisotopic (exact) mass is 309 g/mol. The van der Waals surface area contributed by atoms with Gasteiger partial charge in [0, 0.05) is 17.5 Å². The summed E-state index contributed by atoms with van der Waals surface area (Å²) in [5, 5.41) is 3.53. The van der Waals surface area contributed by atoms with Crippen LogP contribution < -0.4 is 11.1 Å². The standard InChI is InChI=1S/C15H23N3S2/c1-3-11(9-20-2)17-15-12(14(16)19)8-10-6-4-5-7-13(10)18-15/h8,11H,3-7,9H2,1-2H3,(H2,16,19)(H,17,18). The van der Waals surface area contributed by atoms with Crippen molar-refractivity contribution in [2.75, 3.05) is 17.3 Å². The third-order valence-electron chi connectivity index (χ3n) is 3.77. The smallest absolute Gasteiger partial charge is 0.136 e. The Hall–Kier alpha value is -0.810. The average molecular weight is 310 g/mol. The van der Waals surface area contributed by atoms with Crippen molar-refractivity contribution in [1.29, 1.82) is 0 Å². The maximum Gasteiger partial charge on any atom is 0.136 e. The molecule has 0 amide bonds. The van der Waals surface area contributed by atoms with Crippen LogP contribution in [0.15, 0.2) is 6.07 Å². The fourth-order valence-electron chi connectivity index (χ4n) is 2.59. The van der Waals surface area contributed by atoms with Crippen LogP contribution >= 0.6 is 24.0 Å². The van der Waals surface area contributed by atoms with Crippen molar-refractivity contribution < 1.29 is 0 Å². The number of nitrogens with one attached hydrogen (secondary N) is 1. The third kappa shape index (κ3) is 3.64. The Morgan fingerprint density at radius 2 is 2.25 bits per heavy atom. The van der Waals surface area contributed by atoms with Crippen molar-refractivity contribution in [3.05, 3.63) is 22.9 Å². The minimum absolute atomic E-state index is 0.409. The highest BCUT2D eigenvalue weighted by Gasteiger charge is 2.18. The first kappa shape index (κ1) is 15.6. The second kappa shape index (κ2) is 7.27. The van der Waals surface area contributed by atoms with Crippen LogP contribution in [0.1, 0.15) is 43.0 Å². The van der Waals surface area contributed by atoms with E-state index < -0.39 is 0 Å². The van der Waals surface area contributed by atoms with E-state index in [-0.39, 0.29) is 0 Å². The molecule has 1 aliphatic carbocycles. The van der Waals surface area contributed by atoms with Gasteiger partial charge in [-0.1, -0.05) is 19.1 Å². The number of hydrogen-bond acceptors (Lipinski definition) is 4. The van der Waals surface area contributed by atoms with Gasteiger partial charge in [-0.3, -0.25) is 0 Å². The van der Waals surface area contributed by atoms with Crippen LogP contribution in [-0.2, 0) is 12.8 Å². The zero-order valence-corrected chi connectivity index (χ0v) is 13.9. The molecule has 0 radical (unpaired) electrons. The molecule has 0 saturated carbocycles. The van der Waals surface area contributed by atoms with Gasteiger partial charge in [-0.05, 0) is 50.0 Å². The van der Waals surface area contributed by atoms with E-state index >= 15 is 0 Å². The Morgan fingerprint density at radius 3 is 2.90 bits per heavy atom. The summed E-state index contributed by atoms with van der Waals surface area (Å²) in [6.07, 6.45) is 7.83. The lowest BCUT2D eigenvalue weighted by Gasteiger charge is -2.22. The second-order valence-corrected chi connectivity index (χ2v) is 6.62. The number of aryl methyl sites for hydroxylation is 2. The molecule has 1 aliphatic rings. The van der Waals surface area contributed by atoms with E-state index in [0.717, 1.165) is 36.4 Å². The number of fused-ring (bicyclic) bond motifs is 1. The average Bonchev–Trinajstić information content (AvgIpc) is 2.45. The molecular formula is C15H23N3S2. The van der Waals surface area contributed by atoms with Gasteiger partial charge in [-0.25, -0.2) is 4.98 Å². The van der Waals surface area contributed by atoms with E-state index in [1.165, 1.54) is 24.1 Å². The van der Waals surface area contributed by atoms with Crippen LogP contribution in [0.2, 0.25) is 0 Å². The summed E-state index contributed by atoms with van der Waals surface area (Å²) in [6.45, 7) is 2.19. The molecule has 1 atom stereocenters. The van der Waals surface area contributed by atoms with Crippen LogP contribution in [0.5, 0.6) is 0 Å². The molecule has 2 rings (SSSR count). The summed E-state index contributed by atoms with van der Waals surface area (Å²) in [6, 6.07) is 2.56. The van der Waals surface area contributed by atoms with Gasteiger partial charge in [0.2, 0.25) is 0 Å².